The summed E-state index contributed by atoms with van der Waals surface area (Å²) < 4.78 is 0. The summed E-state index contributed by atoms with van der Waals surface area (Å²) in [6.07, 6.45) is 0. The maximum Gasteiger partial charge on any atom is 0.336 e. The molecule has 0 amide bonds. The number of aliphatic carboxylic acids is 1. The van der Waals surface area contributed by atoms with Crippen molar-refractivity contribution in [2.75, 3.05) is 0 Å². The van der Waals surface area contributed by atoms with Crippen LogP contribution in [0.5, 0.6) is 0 Å². The van der Waals surface area contributed by atoms with Crippen LogP contribution in [-0.4, -0.2) is 11.1 Å². The van der Waals surface area contributed by atoms with E-state index >= 15 is 0 Å². The minimum absolute atomic E-state index is 0.410. The molecule has 1 unspecified atom stereocenters. The van der Waals surface area contributed by atoms with Crippen molar-refractivity contribution in [1.82, 2.24) is 0 Å². The van der Waals surface area contributed by atoms with Gasteiger partial charge in [0.05, 0.1) is 0 Å². The van der Waals surface area contributed by atoms with Crippen molar-refractivity contribution >= 4 is 5.97 Å². The molecule has 0 aliphatic rings. The van der Waals surface area contributed by atoms with Gasteiger partial charge in [0.2, 0.25) is 6.04 Å². The molecule has 4 nitrogen and oxygen atoms in total. The second kappa shape index (κ2) is 3.80. The van der Waals surface area contributed by atoms with Gasteiger partial charge in [-0.2, -0.15) is 0 Å². The number of carboxylic acids is 1. The summed E-state index contributed by atoms with van der Waals surface area (Å²) in [5, 5.41) is 11.1. The maximum atomic E-state index is 10.5. The van der Waals surface area contributed by atoms with E-state index in [9.17, 15) is 9.70 Å². The van der Waals surface area contributed by atoms with Crippen LogP contribution in [0.2, 0.25) is 0 Å². The lowest BCUT2D eigenvalue weighted by Gasteiger charge is -2.03. The molecule has 68 valence electrons. The van der Waals surface area contributed by atoms with E-state index in [4.69, 9.17) is 5.11 Å². The Morgan fingerprint density at radius 3 is 2.31 bits per heavy atom. The average molecular weight is 179 g/mol. The highest BCUT2D eigenvalue weighted by Gasteiger charge is 2.19. The first-order valence-electron chi connectivity index (χ1n) is 3.77. The van der Waals surface area contributed by atoms with Gasteiger partial charge in [-0.25, -0.2) is 4.79 Å². The Morgan fingerprint density at radius 1 is 1.38 bits per heavy atom. The summed E-state index contributed by atoms with van der Waals surface area (Å²) in [5.41, 5.74) is 1.42. The van der Waals surface area contributed by atoms with E-state index in [0.29, 0.717) is 5.56 Å². The van der Waals surface area contributed by atoms with Gasteiger partial charge in [0, 0.05) is 0 Å². The number of hydrogen-bond acceptors (Lipinski definition) is 3. The normalized spacial score (nSPS) is 12.1. The van der Waals surface area contributed by atoms with E-state index < -0.39 is 12.0 Å². The van der Waals surface area contributed by atoms with Gasteiger partial charge in [0.25, 0.3) is 0 Å². The quantitative estimate of drug-likeness (QED) is 0.720. The summed E-state index contributed by atoms with van der Waals surface area (Å²) in [7, 11) is 0. The Labute approximate surface area is 75.2 Å². The molecule has 0 saturated carbocycles. The van der Waals surface area contributed by atoms with E-state index in [0.717, 1.165) is 5.56 Å². The monoisotopic (exact) mass is 179 g/mol. The standard InChI is InChI=1S/C9H9NO3/c1-6-2-4-7(5-3-6)8(10-13)9(11)12/h2-5,8H,1H3,(H,11,12). The van der Waals surface area contributed by atoms with Crippen LogP contribution in [0.15, 0.2) is 29.4 Å². The van der Waals surface area contributed by atoms with Gasteiger partial charge in [-0.05, 0) is 17.7 Å². The van der Waals surface area contributed by atoms with Crippen molar-refractivity contribution < 1.29 is 9.90 Å². The number of carboxylic acid groups (broad SMARTS) is 1. The fourth-order valence-corrected chi connectivity index (χ4v) is 0.997. The number of rotatable bonds is 3. The van der Waals surface area contributed by atoms with E-state index in [1.165, 1.54) is 0 Å². The topological polar surface area (TPSA) is 66.7 Å². The van der Waals surface area contributed by atoms with Gasteiger partial charge in [-0.1, -0.05) is 29.8 Å². The summed E-state index contributed by atoms with van der Waals surface area (Å²) in [4.78, 5) is 20.7. The van der Waals surface area contributed by atoms with Crippen LogP contribution in [0.4, 0.5) is 0 Å². The first kappa shape index (κ1) is 9.38. The first-order valence-corrected chi connectivity index (χ1v) is 3.77. The number of nitroso groups, excluding NO2 is 1. The summed E-state index contributed by atoms with van der Waals surface area (Å²) in [6.45, 7) is 1.88. The molecular weight excluding hydrogens is 170 g/mol. The molecule has 1 rings (SSSR count). The lowest BCUT2D eigenvalue weighted by atomic mass is 10.1. The molecule has 0 aliphatic heterocycles. The van der Waals surface area contributed by atoms with Crippen LogP contribution < -0.4 is 0 Å². The molecule has 13 heavy (non-hydrogen) atoms. The van der Waals surface area contributed by atoms with Crippen LogP contribution in [0.1, 0.15) is 17.2 Å². The highest BCUT2D eigenvalue weighted by molar-refractivity contribution is 5.75. The zero-order valence-corrected chi connectivity index (χ0v) is 7.10. The van der Waals surface area contributed by atoms with Crippen molar-refractivity contribution in [1.29, 1.82) is 0 Å². The van der Waals surface area contributed by atoms with E-state index in [1.54, 1.807) is 24.3 Å². The number of aryl methyl sites for hydroxylation is 1. The molecule has 0 heterocycles. The molecule has 1 aromatic rings. The number of benzene rings is 1. The fourth-order valence-electron chi connectivity index (χ4n) is 0.997. The Morgan fingerprint density at radius 2 is 1.92 bits per heavy atom. The van der Waals surface area contributed by atoms with Crippen LogP contribution in [0.25, 0.3) is 0 Å². The van der Waals surface area contributed by atoms with Gasteiger partial charge < -0.3 is 5.11 Å². The second-order valence-corrected chi connectivity index (χ2v) is 2.76. The number of nitrogens with zero attached hydrogens (tertiary/aromatic N) is 1. The smallest absolute Gasteiger partial charge is 0.336 e. The summed E-state index contributed by atoms with van der Waals surface area (Å²) in [6, 6.07) is 5.39. The van der Waals surface area contributed by atoms with Gasteiger partial charge in [-0.3, -0.25) is 0 Å². The Hall–Kier alpha value is -1.71. The molecule has 0 aromatic heterocycles. The second-order valence-electron chi connectivity index (χ2n) is 2.76. The average Bonchev–Trinajstić information content (AvgIpc) is 2.09. The van der Waals surface area contributed by atoms with Gasteiger partial charge in [0.15, 0.2) is 0 Å². The van der Waals surface area contributed by atoms with Gasteiger partial charge >= 0.3 is 5.97 Å². The van der Waals surface area contributed by atoms with Gasteiger partial charge in [0.1, 0.15) is 0 Å². The SMILES string of the molecule is Cc1ccc(C(N=O)C(=O)O)cc1. The molecule has 1 N–H and O–H groups in total. The summed E-state index contributed by atoms with van der Waals surface area (Å²) in [5.74, 6) is -1.22. The van der Waals surface area contributed by atoms with Crippen LogP contribution in [0, 0.1) is 11.8 Å². The van der Waals surface area contributed by atoms with Crippen molar-refractivity contribution in [3.05, 3.63) is 40.3 Å². The number of carbonyl (C=O) groups is 1. The maximum absolute atomic E-state index is 10.5. The molecular formula is C9H9NO3. The van der Waals surface area contributed by atoms with E-state index in [1.807, 2.05) is 6.92 Å². The van der Waals surface area contributed by atoms with E-state index in [2.05, 4.69) is 5.18 Å². The molecule has 0 radical (unpaired) electrons. The van der Waals surface area contributed by atoms with Gasteiger partial charge in [-0.15, -0.1) is 4.91 Å². The Balaban J connectivity index is 2.99. The zero-order chi connectivity index (χ0) is 9.84. The molecule has 0 spiro atoms. The molecule has 1 atom stereocenters. The van der Waals surface area contributed by atoms with Crippen LogP contribution in [-0.2, 0) is 4.79 Å². The van der Waals surface area contributed by atoms with Crippen molar-refractivity contribution in [3.63, 3.8) is 0 Å². The van der Waals surface area contributed by atoms with Crippen LogP contribution >= 0.6 is 0 Å². The molecule has 0 saturated heterocycles. The predicted octanol–water partition coefficient (Wildman–Crippen LogP) is 1.89. The largest absolute Gasteiger partial charge is 0.479 e. The minimum atomic E-state index is -1.29. The third kappa shape index (κ3) is 2.11. The van der Waals surface area contributed by atoms with Crippen molar-refractivity contribution in [2.45, 2.75) is 13.0 Å². The van der Waals surface area contributed by atoms with Crippen LogP contribution in [0.3, 0.4) is 0 Å². The van der Waals surface area contributed by atoms with Crippen molar-refractivity contribution in [3.8, 4) is 0 Å². The van der Waals surface area contributed by atoms with Crippen molar-refractivity contribution in [2.24, 2.45) is 5.18 Å². The summed E-state index contributed by atoms with van der Waals surface area (Å²) >= 11 is 0. The highest BCUT2D eigenvalue weighted by atomic mass is 16.4. The minimum Gasteiger partial charge on any atom is -0.479 e. The number of hydrogen-bond donors (Lipinski definition) is 1. The fraction of sp³-hybridized carbons (Fsp3) is 0.222. The Bertz CT molecular complexity index is 318. The third-order valence-electron chi connectivity index (χ3n) is 1.73. The molecule has 1 aromatic carbocycles. The highest BCUT2D eigenvalue weighted by Crippen LogP contribution is 2.17. The lowest BCUT2D eigenvalue weighted by Crippen LogP contribution is -2.08. The third-order valence-corrected chi connectivity index (χ3v) is 1.73. The first-order chi connectivity index (χ1) is 6.15. The molecule has 0 fully saturated rings. The lowest BCUT2D eigenvalue weighted by molar-refractivity contribution is -0.138. The predicted molar refractivity (Wildman–Crippen MR) is 47.4 cm³/mol. The molecule has 0 aliphatic carbocycles. The molecule has 0 bridgehead atoms. The molecule has 4 heteroatoms. The van der Waals surface area contributed by atoms with E-state index in [-0.39, 0.29) is 0 Å². The Kier molecular flexibility index (Phi) is 2.74. The zero-order valence-electron chi connectivity index (χ0n) is 7.10.